The number of likely N-dealkylation sites (tertiary alicyclic amines) is 1. The van der Waals surface area contributed by atoms with Crippen LogP contribution in [-0.2, 0) is 9.59 Å². The second-order valence-corrected chi connectivity index (χ2v) is 4.93. The van der Waals surface area contributed by atoms with E-state index < -0.39 is 11.8 Å². The summed E-state index contributed by atoms with van der Waals surface area (Å²) in [5.41, 5.74) is 5.22. The zero-order chi connectivity index (χ0) is 13.5. The molecule has 0 bridgehead atoms. The molecular weight excluding hydrogens is 252 g/mol. The fraction of sp³-hybridized carbons (Fsp3) is 0.727. The molecule has 0 spiro atoms. The number of hydrogen-bond donors (Lipinski definition) is 3. The number of thiocarbonyl (C=S) groups is 1. The molecule has 0 radical (unpaired) electrons. The van der Waals surface area contributed by atoms with Gasteiger partial charge in [0.05, 0.1) is 11.5 Å². The third kappa shape index (κ3) is 4.97. The molecule has 1 heterocycles. The summed E-state index contributed by atoms with van der Waals surface area (Å²) in [6.45, 7) is 5.77. The molecule has 1 atom stereocenters. The summed E-state index contributed by atoms with van der Waals surface area (Å²) in [6, 6.07) is 0. The highest BCUT2D eigenvalue weighted by Gasteiger charge is 2.22. The van der Waals surface area contributed by atoms with Gasteiger partial charge in [-0.2, -0.15) is 0 Å². The fourth-order valence-electron chi connectivity index (χ4n) is 1.93. The number of nitrogens with two attached hydrogens (primary N) is 1. The second-order valence-electron chi connectivity index (χ2n) is 4.41. The highest BCUT2D eigenvalue weighted by molar-refractivity contribution is 7.80. The van der Waals surface area contributed by atoms with E-state index in [-0.39, 0.29) is 11.5 Å². The molecule has 1 aliphatic heterocycles. The van der Waals surface area contributed by atoms with Gasteiger partial charge in [-0.25, -0.2) is 0 Å². The summed E-state index contributed by atoms with van der Waals surface area (Å²) in [5.74, 6) is -0.883. The lowest BCUT2D eigenvalue weighted by atomic mass is 10.1. The zero-order valence-electron chi connectivity index (χ0n) is 10.6. The molecule has 1 fully saturated rings. The molecule has 6 nitrogen and oxygen atoms in total. The van der Waals surface area contributed by atoms with Gasteiger partial charge in [0.25, 0.3) is 0 Å². The summed E-state index contributed by atoms with van der Waals surface area (Å²) in [4.78, 5) is 25.2. The van der Waals surface area contributed by atoms with Crippen LogP contribution < -0.4 is 16.4 Å². The van der Waals surface area contributed by atoms with E-state index >= 15 is 0 Å². The van der Waals surface area contributed by atoms with Crippen molar-refractivity contribution in [2.75, 3.05) is 32.7 Å². The summed E-state index contributed by atoms with van der Waals surface area (Å²) in [7, 11) is 0. The van der Waals surface area contributed by atoms with Crippen LogP contribution in [0.4, 0.5) is 0 Å². The minimum atomic E-state index is -0.687. The molecule has 18 heavy (non-hydrogen) atoms. The molecule has 0 aromatic rings. The lowest BCUT2D eigenvalue weighted by Gasteiger charge is -2.13. The monoisotopic (exact) mass is 272 g/mol. The van der Waals surface area contributed by atoms with Gasteiger partial charge in [-0.15, -0.1) is 0 Å². The maximum atomic E-state index is 11.4. The fourth-order valence-corrected chi connectivity index (χ4v) is 2.00. The summed E-state index contributed by atoms with van der Waals surface area (Å²) >= 11 is 4.60. The number of amides is 2. The van der Waals surface area contributed by atoms with Gasteiger partial charge in [0.2, 0.25) is 0 Å². The Balaban J connectivity index is 2.20. The third-order valence-electron chi connectivity index (χ3n) is 3.00. The Morgan fingerprint density at radius 1 is 1.39 bits per heavy atom. The van der Waals surface area contributed by atoms with E-state index in [9.17, 15) is 9.59 Å². The average molecular weight is 272 g/mol. The predicted molar refractivity (Wildman–Crippen MR) is 73.0 cm³/mol. The van der Waals surface area contributed by atoms with Crippen LogP contribution in [0.5, 0.6) is 0 Å². The van der Waals surface area contributed by atoms with Crippen molar-refractivity contribution in [1.82, 2.24) is 15.5 Å². The first-order valence-corrected chi connectivity index (χ1v) is 6.50. The summed E-state index contributed by atoms with van der Waals surface area (Å²) < 4.78 is 0. The molecule has 0 aromatic carbocycles. The normalized spacial score (nSPS) is 19.5. The Hall–Kier alpha value is -1.21. The number of rotatable bonds is 5. The van der Waals surface area contributed by atoms with Gasteiger partial charge in [-0.3, -0.25) is 9.59 Å². The van der Waals surface area contributed by atoms with E-state index in [2.05, 4.69) is 34.7 Å². The Bertz CT molecular complexity index is 335. The average Bonchev–Trinajstić information content (AvgIpc) is 2.80. The van der Waals surface area contributed by atoms with Gasteiger partial charge in [-0.05, 0) is 25.4 Å². The maximum Gasteiger partial charge on any atom is 0.309 e. The van der Waals surface area contributed by atoms with Gasteiger partial charge < -0.3 is 21.3 Å². The lowest BCUT2D eigenvalue weighted by Crippen LogP contribution is -2.44. The first-order chi connectivity index (χ1) is 8.52. The topological polar surface area (TPSA) is 87.5 Å². The van der Waals surface area contributed by atoms with Gasteiger partial charge in [0, 0.05) is 13.1 Å². The Morgan fingerprint density at radius 2 is 2.06 bits per heavy atom. The van der Waals surface area contributed by atoms with Crippen molar-refractivity contribution in [3.8, 4) is 0 Å². The van der Waals surface area contributed by atoms with Crippen LogP contribution in [0.3, 0.4) is 0 Å². The van der Waals surface area contributed by atoms with Crippen molar-refractivity contribution in [2.45, 2.75) is 13.3 Å². The van der Waals surface area contributed by atoms with Crippen molar-refractivity contribution in [3.05, 3.63) is 0 Å². The number of nitrogens with one attached hydrogen (secondary N) is 2. The number of carbonyl (C=O) groups is 2. The SMILES string of the molecule is CCN1CCC(CNC(=O)C(=O)NCC(N)=S)C1. The molecular formula is C11H20N4O2S. The van der Waals surface area contributed by atoms with Gasteiger partial charge in [0.15, 0.2) is 0 Å². The van der Waals surface area contributed by atoms with E-state index in [0.29, 0.717) is 12.5 Å². The smallest absolute Gasteiger partial charge is 0.309 e. The molecule has 102 valence electrons. The molecule has 1 aliphatic rings. The Labute approximate surface area is 112 Å². The highest BCUT2D eigenvalue weighted by atomic mass is 32.1. The molecule has 2 amide bonds. The number of nitrogens with zero attached hydrogens (tertiary/aromatic N) is 1. The highest BCUT2D eigenvalue weighted by Crippen LogP contribution is 2.14. The molecule has 0 aromatic heterocycles. The minimum absolute atomic E-state index is 0.0502. The van der Waals surface area contributed by atoms with Crippen LogP contribution in [0.15, 0.2) is 0 Å². The summed E-state index contributed by atoms with van der Waals surface area (Å²) in [6.07, 6.45) is 1.06. The second kappa shape index (κ2) is 7.27. The van der Waals surface area contributed by atoms with Crippen LogP contribution in [-0.4, -0.2) is 54.4 Å². The number of carbonyl (C=O) groups excluding carboxylic acids is 2. The quantitative estimate of drug-likeness (QED) is 0.434. The van der Waals surface area contributed by atoms with E-state index in [1.54, 1.807) is 0 Å². The van der Waals surface area contributed by atoms with Crippen molar-refractivity contribution < 1.29 is 9.59 Å². The summed E-state index contributed by atoms with van der Waals surface area (Å²) in [5, 5.41) is 4.98. The van der Waals surface area contributed by atoms with Crippen LogP contribution in [0.1, 0.15) is 13.3 Å². The Kier molecular flexibility index (Phi) is 6.00. The maximum absolute atomic E-state index is 11.4. The molecule has 7 heteroatoms. The molecule has 4 N–H and O–H groups in total. The first kappa shape index (κ1) is 14.8. The molecule has 0 saturated carbocycles. The zero-order valence-corrected chi connectivity index (χ0v) is 11.4. The van der Waals surface area contributed by atoms with Crippen molar-refractivity contribution in [3.63, 3.8) is 0 Å². The van der Waals surface area contributed by atoms with E-state index in [1.807, 2.05) is 0 Å². The Morgan fingerprint density at radius 3 is 2.61 bits per heavy atom. The van der Waals surface area contributed by atoms with Gasteiger partial charge in [0.1, 0.15) is 0 Å². The van der Waals surface area contributed by atoms with Crippen molar-refractivity contribution >= 4 is 29.0 Å². The lowest BCUT2D eigenvalue weighted by molar-refractivity contribution is -0.139. The van der Waals surface area contributed by atoms with Crippen molar-refractivity contribution in [1.29, 1.82) is 0 Å². The molecule has 0 aliphatic carbocycles. The van der Waals surface area contributed by atoms with E-state index in [1.165, 1.54) is 0 Å². The van der Waals surface area contributed by atoms with Crippen LogP contribution >= 0.6 is 12.2 Å². The predicted octanol–water partition coefficient (Wildman–Crippen LogP) is -1.15. The minimum Gasteiger partial charge on any atom is -0.392 e. The standard InChI is InChI=1S/C11H20N4O2S/c1-2-15-4-3-8(7-15)5-13-10(16)11(17)14-6-9(12)18/h8H,2-7H2,1H3,(H2,12,18)(H,13,16)(H,14,17). The van der Waals surface area contributed by atoms with Crippen LogP contribution in [0.2, 0.25) is 0 Å². The molecule has 1 saturated heterocycles. The first-order valence-electron chi connectivity index (χ1n) is 6.09. The van der Waals surface area contributed by atoms with Crippen LogP contribution in [0.25, 0.3) is 0 Å². The largest absolute Gasteiger partial charge is 0.392 e. The van der Waals surface area contributed by atoms with E-state index in [4.69, 9.17) is 5.73 Å². The number of hydrogen-bond acceptors (Lipinski definition) is 4. The van der Waals surface area contributed by atoms with Crippen molar-refractivity contribution in [2.24, 2.45) is 11.7 Å². The van der Waals surface area contributed by atoms with Gasteiger partial charge >= 0.3 is 11.8 Å². The molecule has 1 rings (SSSR count). The van der Waals surface area contributed by atoms with Gasteiger partial charge in [-0.1, -0.05) is 19.1 Å². The molecule has 1 unspecified atom stereocenters. The van der Waals surface area contributed by atoms with E-state index in [0.717, 1.165) is 26.1 Å². The van der Waals surface area contributed by atoms with Crippen LogP contribution in [0, 0.1) is 5.92 Å². The third-order valence-corrected chi connectivity index (χ3v) is 3.14.